The first-order valence-electron chi connectivity index (χ1n) is 11.1. The standard InChI is InChI=1S/C26H25N3O4S/c1-32-16-12-13-18(22(15-16)33-2)28-26(31)29-20-9-4-3-7-17(20)27-19-8-5-10-21(30)24(19)25(29)23-11-6-14-34-23/h3-4,6-7,9,11-15,25,27H,5,8,10H2,1-2H3,(H,28,31)/t25-/m1/s1. The molecule has 2 N–H and O–H groups in total. The number of carbonyl (C=O) groups excluding carboxylic acids is 2. The summed E-state index contributed by atoms with van der Waals surface area (Å²) in [5, 5.41) is 8.44. The number of amides is 2. The molecule has 2 aliphatic rings. The average molecular weight is 476 g/mol. The van der Waals surface area contributed by atoms with Crippen LogP contribution in [0.4, 0.5) is 21.9 Å². The van der Waals surface area contributed by atoms with Gasteiger partial charge in [0.25, 0.3) is 0 Å². The van der Waals surface area contributed by atoms with Crippen molar-refractivity contribution in [3.63, 3.8) is 0 Å². The van der Waals surface area contributed by atoms with Crippen molar-refractivity contribution in [1.82, 2.24) is 0 Å². The quantitative estimate of drug-likeness (QED) is 0.485. The number of ketones is 1. The van der Waals surface area contributed by atoms with Crippen LogP contribution in [0.15, 0.2) is 71.2 Å². The first-order valence-corrected chi connectivity index (χ1v) is 12.0. The summed E-state index contributed by atoms with van der Waals surface area (Å²) in [6.07, 6.45) is 2.03. The number of urea groups is 1. The number of methoxy groups -OCH3 is 2. The van der Waals surface area contributed by atoms with E-state index in [-0.39, 0.29) is 11.8 Å². The molecule has 0 bridgehead atoms. The van der Waals surface area contributed by atoms with E-state index in [9.17, 15) is 9.59 Å². The zero-order chi connectivity index (χ0) is 23.7. The SMILES string of the molecule is COc1ccc(NC(=O)N2c3ccccc3NC3=C(C(=O)CCC3)[C@H]2c2cccs2)c(OC)c1. The summed E-state index contributed by atoms with van der Waals surface area (Å²) in [6.45, 7) is 0. The lowest BCUT2D eigenvalue weighted by atomic mass is 9.88. The van der Waals surface area contributed by atoms with E-state index in [1.165, 1.54) is 11.3 Å². The summed E-state index contributed by atoms with van der Waals surface area (Å²) in [5.74, 6) is 1.17. The van der Waals surface area contributed by atoms with Crippen LogP contribution in [0.3, 0.4) is 0 Å². The van der Waals surface area contributed by atoms with Crippen molar-refractivity contribution in [2.45, 2.75) is 25.3 Å². The van der Waals surface area contributed by atoms with Gasteiger partial charge in [-0.15, -0.1) is 11.3 Å². The minimum absolute atomic E-state index is 0.0692. The number of fused-ring (bicyclic) bond motifs is 1. The maximum absolute atomic E-state index is 14.0. The van der Waals surface area contributed by atoms with Crippen LogP contribution < -0.4 is 25.0 Å². The Morgan fingerprint density at radius 1 is 1.09 bits per heavy atom. The molecule has 0 spiro atoms. The van der Waals surface area contributed by atoms with Crippen LogP contribution in [0.1, 0.15) is 30.2 Å². The predicted molar refractivity (Wildman–Crippen MR) is 134 cm³/mol. The van der Waals surface area contributed by atoms with Crippen molar-refractivity contribution in [3.05, 3.63) is 76.1 Å². The normalized spacial score (nSPS) is 17.3. The third-order valence-corrected chi connectivity index (χ3v) is 7.04. The second kappa shape index (κ2) is 9.23. The van der Waals surface area contributed by atoms with E-state index >= 15 is 0 Å². The third-order valence-electron chi connectivity index (χ3n) is 6.12. The number of thiophene rings is 1. The van der Waals surface area contributed by atoms with E-state index in [2.05, 4.69) is 10.6 Å². The highest BCUT2D eigenvalue weighted by molar-refractivity contribution is 7.10. The Bertz CT molecular complexity index is 1270. The molecule has 0 fully saturated rings. The van der Waals surface area contributed by atoms with Crippen molar-refractivity contribution in [3.8, 4) is 11.5 Å². The van der Waals surface area contributed by atoms with Gasteiger partial charge in [-0.05, 0) is 48.6 Å². The summed E-state index contributed by atoms with van der Waals surface area (Å²) in [4.78, 5) is 29.8. The van der Waals surface area contributed by atoms with E-state index in [1.807, 2.05) is 41.8 Å². The Kier molecular flexibility index (Phi) is 5.98. The van der Waals surface area contributed by atoms with Gasteiger partial charge < -0.3 is 20.1 Å². The molecule has 34 heavy (non-hydrogen) atoms. The number of nitrogens with one attached hydrogen (secondary N) is 2. The summed E-state index contributed by atoms with van der Waals surface area (Å²) in [7, 11) is 3.12. The van der Waals surface area contributed by atoms with Crippen molar-refractivity contribution >= 4 is 40.2 Å². The van der Waals surface area contributed by atoms with Gasteiger partial charge in [0.1, 0.15) is 17.5 Å². The van der Waals surface area contributed by atoms with Crippen LogP contribution in [0.2, 0.25) is 0 Å². The Morgan fingerprint density at radius 3 is 2.71 bits per heavy atom. The zero-order valence-electron chi connectivity index (χ0n) is 19.0. The Balaban J connectivity index is 1.64. The smallest absolute Gasteiger partial charge is 0.327 e. The maximum atomic E-state index is 14.0. The summed E-state index contributed by atoms with van der Waals surface area (Å²) < 4.78 is 10.8. The van der Waals surface area contributed by atoms with Gasteiger partial charge in [0.2, 0.25) is 0 Å². The number of allylic oxidation sites excluding steroid dienone is 1. The first-order chi connectivity index (χ1) is 16.6. The molecule has 5 rings (SSSR count). The molecule has 7 nitrogen and oxygen atoms in total. The second-order valence-corrected chi connectivity index (χ2v) is 9.07. The number of para-hydroxylation sites is 2. The molecule has 2 aromatic carbocycles. The lowest BCUT2D eigenvalue weighted by Gasteiger charge is -2.33. The molecular formula is C26H25N3O4S. The lowest BCUT2D eigenvalue weighted by molar-refractivity contribution is -0.116. The highest BCUT2D eigenvalue weighted by Gasteiger charge is 2.40. The molecule has 3 aromatic rings. The molecule has 0 radical (unpaired) electrons. The topological polar surface area (TPSA) is 79.9 Å². The zero-order valence-corrected chi connectivity index (χ0v) is 19.8. The number of nitrogens with zero attached hydrogens (tertiary/aromatic N) is 1. The van der Waals surface area contributed by atoms with E-state index in [0.29, 0.717) is 34.9 Å². The minimum Gasteiger partial charge on any atom is -0.497 e. The molecular weight excluding hydrogens is 450 g/mol. The molecule has 2 heterocycles. The molecule has 174 valence electrons. The largest absolute Gasteiger partial charge is 0.497 e. The van der Waals surface area contributed by atoms with Crippen LogP contribution in [-0.4, -0.2) is 26.0 Å². The number of benzene rings is 2. The molecule has 0 saturated heterocycles. The molecule has 0 unspecified atom stereocenters. The van der Waals surface area contributed by atoms with Crippen LogP contribution >= 0.6 is 11.3 Å². The maximum Gasteiger partial charge on any atom is 0.327 e. The molecule has 1 aromatic heterocycles. The molecule has 0 saturated carbocycles. The number of hydrogen-bond acceptors (Lipinski definition) is 6. The molecule has 1 aliphatic heterocycles. The van der Waals surface area contributed by atoms with Gasteiger partial charge in [-0.1, -0.05) is 18.2 Å². The highest BCUT2D eigenvalue weighted by atomic mass is 32.1. The molecule has 1 aliphatic carbocycles. The molecule has 8 heteroatoms. The molecule has 1 atom stereocenters. The van der Waals surface area contributed by atoms with Crippen molar-refractivity contribution in [2.24, 2.45) is 0 Å². The van der Waals surface area contributed by atoms with Crippen LogP contribution in [0.25, 0.3) is 0 Å². The van der Waals surface area contributed by atoms with E-state index < -0.39 is 6.04 Å². The molecule has 2 amide bonds. The monoisotopic (exact) mass is 475 g/mol. The predicted octanol–water partition coefficient (Wildman–Crippen LogP) is 5.98. The summed E-state index contributed by atoms with van der Waals surface area (Å²) in [5.41, 5.74) is 3.55. The lowest BCUT2D eigenvalue weighted by Crippen LogP contribution is -2.40. The number of carbonyl (C=O) groups is 2. The fourth-order valence-corrected chi connectivity index (χ4v) is 5.37. The fourth-order valence-electron chi connectivity index (χ4n) is 4.55. The first kappa shape index (κ1) is 22.0. The number of anilines is 3. The number of hydrogen-bond donors (Lipinski definition) is 2. The van der Waals surface area contributed by atoms with E-state index in [4.69, 9.17) is 9.47 Å². The summed E-state index contributed by atoms with van der Waals surface area (Å²) in [6, 6.07) is 15.9. The Hall–Kier alpha value is -3.78. The Labute approximate surface area is 202 Å². The van der Waals surface area contributed by atoms with Crippen LogP contribution in [-0.2, 0) is 4.79 Å². The van der Waals surface area contributed by atoms with Gasteiger partial charge >= 0.3 is 6.03 Å². The van der Waals surface area contributed by atoms with Gasteiger partial charge in [-0.3, -0.25) is 9.69 Å². The van der Waals surface area contributed by atoms with Crippen molar-refractivity contribution in [2.75, 3.05) is 29.8 Å². The second-order valence-electron chi connectivity index (χ2n) is 8.10. The van der Waals surface area contributed by atoms with Crippen LogP contribution in [0, 0.1) is 0 Å². The van der Waals surface area contributed by atoms with Gasteiger partial charge in [-0.25, -0.2) is 4.79 Å². The van der Waals surface area contributed by atoms with Gasteiger partial charge in [0.05, 0.1) is 31.3 Å². The minimum atomic E-state index is -0.539. The number of rotatable bonds is 4. The van der Waals surface area contributed by atoms with Gasteiger partial charge in [0, 0.05) is 28.6 Å². The van der Waals surface area contributed by atoms with Crippen molar-refractivity contribution < 1.29 is 19.1 Å². The third kappa shape index (κ3) is 3.90. The van der Waals surface area contributed by atoms with E-state index in [0.717, 1.165) is 29.1 Å². The number of Topliss-reactive ketones (excluding diaryl/α,β-unsaturated/α-hetero) is 1. The van der Waals surface area contributed by atoms with Crippen LogP contribution in [0.5, 0.6) is 11.5 Å². The summed E-state index contributed by atoms with van der Waals surface area (Å²) >= 11 is 1.53. The van der Waals surface area contributed by atoms with Gasteiger partial charge in [0.15, 0.2) is 5.78 Å². The Morgan fingerprint density at radius 2 is 1.94 bits per heavy atom. The number of ether oxygens (including phenoxy) is 2. The highest BCUT2D eigenvalue weighted by Crippen LogP contribution is 2.46. The van der Waals surface area contributed by atoms with Crippen molar-refractivity contribution in [1.29, 1.82) is 0 Å². The van der Waals surface area contributed by atoms with E-state index in [1.54, 1.807) is 37.3 Å². The fraction of sp³-hybridized carbons (Fsp3) is 0.231. The van der Waals surface area contributed by atoms with Gasteiger partial charge in [-0.2, -0.15) is 0 Å². The average Bonchev–Trinajstić information content (AvgIpc) is 3.33.